The Morgan fingerprint density at radius 1 is 1.19 bits per heavy atom. The number of carboxylic acids is 1. The van der Waals surface area contributed by atoms with E-state index in [1.807, 2.05) is 0 Å². The summed E-state index contributed by atoms with van der Waals surface area (Å²) >= 11 is 0. The second-order valence-corrected chi connectivity index (χ2v) is 9.38. The molecule has 2 saturated heterocycles. The molecule has 0 aromatic rings. The molecule has 2 aliphatic heterocycles. The van der Waals surface area contributed by atoms with E-state index in [1.165, 1.54) is 13.8 Å². The van der Waals surface area contributed by atoms with E-state index >= 15 is 0 Å². The molecule has 2 aliphatic rings. The largest absolute Gasteiger partial charge is 0.481 e. The molecular weight excluding hydrogens is 294 g/mol. The third-order valence-corrected chi connectivity index (χ3v) is 7.00. The zero-order valence-corrected chi connectivity index (χ0v) is 13.5. The topological polar surface area (TPSA) is 91.8 Å². The van der Waals surface area contributed by atoms with Gasteiger partial charge in [-0.25, -0.2) is 8.42 Å². The number of nitrogens with zero attached hydrogens (tertiary/aromatic N) is 1. The summed E-state index contributed by atoms with van der Waals surface area (Å²) in [5, 5.41) is 8.91. The Bertz CT molecular complexity index is 540. The quantitative estimate of drug-likeness (QED) is 0.837. The molecule has 120 valence electrons. The monoisotopic (exact) mass is 317 g/mol. The summed E-state index contributed by atoms with van der Waals surface area (Å²) in [6.07, 6.45) is 4.22. The minimum atomic E-state index is -3.49. The number of rotatable bonds is 4. The molecule has 2 unspecified atom stereocenters. The van der Waals surface area contributed by atoms with Gasteiger partial charge in [-0.3, -0.25) is 9.59 Å². The molecule has 2 bridgehead atoms. The van der Waals surface area contributed by atoms with Gasteiger partial charge in [-0.2, -0.15) is 0 Å². The molecular formula is C14H23NO5S. The number of amides is 1. The molecule has 7 heteroatoms. The molecule has 0 radical (unpaired) electrons. The minimum Gasteiger partial charge on any atom is -0.481 e. The minimum absolute atomic E-state index is 0.0124. The fourth-order valence-corrected chi connectivity index (χ4v) is 3.93. The third kappa shape index (κ3) is 2.93. The van der Waals surface area contributed by atoms with Gasteiger partial charge in [0.1, 0.15) is 4.75 Å². The van der Waals surface area contributed by atoms with Crippen molar-refractivity contribution in [2.24, 2.45) is 5.92 Å². The van der Waals surface area contributed by atoms with E-state index in [-0.39, 0.29) is 30.3 Å². The van der Waals surface area contributed by atoms with E-state index in [1.54, 1.807) is 4.90 Å². The SMILES string of the molecule is CC(C)(C(=O)N1C2CCC1CC(CC(=O)O)C2)S(C)(=O)=O. The third-order valence-electron chi connectivity index (χ3n) is 4.97. The molecule has 2 heterocycles. The van der Waals surface area contributed by atoms with Gasteiger partial charge in [0, 0.05) is 24.8 Å². The van der Waals surface area contributed by atoms with Gasteiger partial charge >= 0.3 is 5.97 Å². The van der Waals surface area contributed by atoms with E-state index in [2.05, 4.69) is 0 Å². The molecule has 6 nitrogen and oxygen atoms in total. The zero-order valence-electron chi connectivity index (χ0n) is 12.7. The summed E-state index contributed by atoms with van der Waals surface area (Å²) in [4.78, 5) is 25.3. The Kier molecular flexibility index (Phi) is 4.08. The van der Waals surface area contributed by atoms with Gasteiger partial charge in [-0.05, 0) is 45.4 Å². The van der Waals surface area contributed by atoms with Crippen molar-refractivity contribution >= 4 is 21.7 Å². The van der Waals surface area contributed by atoms with Crippen molar-refractivity contribution in [2.75, 3.05) is 6.26 Å². The van der Waals surface area contributed by atoms with Crippen LogP contribution in [0.2, 0.25) is 0 Å². The number of carbonyl (C=O) groups is 2. The van der Waals surface area contributed by atoms with E-state index < -0.39 is 20.6 Å². The van der Waals surface area contributed by atoms with Gasteiger partial charge in [0.2, 0.25) is 5.91 Å². The van der Waals surface area contributed by atoms with Crippen molar-refractivity contribution in [1.82, 2.24) is 4.90 Å². The number of sulfone groups is 1. The predicted octanol–water partition coefficient (Wildman–Crippen LogP) is 1.05. The Hall–Kier alpha value is -1.11. The van der Waals surface area contributed by atoms with Crippen molar-refractivity contribution < 1.29 is 23.1 Å². The van der Waals surface area contributed by atoms with Crippen LogP contribution >= 0.6 is 0 Å². The van der Waals surface area contributed by atoms with Crippen molar-refractivity contribution in [2.45, 2.75) is 62.8 Å². The maximum Gasteiger partial charge on any atom is 0.303 e. The first kappa shape index (κ1) is 16.3. The average molecular weight is 317 g/mol. The lowest BCUT2D eigenvalue weighted by Crippen LogP contribution is -2.56. The van der Waals surface area contributed by atoms with E-state index in [0.717, 1.165) is 19.1 Å². The lowest BCUT2D eigenvalue weighted by Gasteiger charge is -2.41. The molecule has 2 fully saturated rings. The van der Waals surface area contributed by atoms with Gasteiger partial charge in [0.05, 0.1) is 0 Å². The molecule has 0 aliphatic carbocycles. The van der Waals surface area contributed by atoms with Crippen LogP contribution in [-0.2, 0) is 19.4 Å². The highest BCUT2D eigenvalue weighted by molar-refractivity contribution is 7.92. The Morgan fingerprint density at radius 3 is 2.05 bits per heavy atom. The van der Waals surface area contributed by atoms with Gasteiger partial charge < -0.3 is 10.0 Å². The predicted molar refractivity (Wildman–Crippen MR) is 77.6 cm³/mol. The highest BCUT2D eigenvalue weighted by Gasteiger charge is 2.50. The lowest BCUT2D eigenvalue weighted by atomic mass is 9.87. The number of carbonyl (C=O) groups excluding carboxylic acids is 1. The summed E-state index contributed by atoms with van der Waals surface area (Å²) in [5.74, 6) is -1.06. The van der Waals surface area contributed by atoms with Crippen LogP contribution in [-0.4, -0.2) is 53.4 Å². The lowest BCUT2D eigenvalue weighted by molar-refractivity contribution is -0.140. The number of carboxylic acid groups (broad SMARTS) is 1. The molecule has 0 saturated carbocycles. The number of hydrogen-bond acceptors (Lipinski definition) is 4. The van der Waals surface area contributed by atoms with Crippen LogP contribution < -0.4 is 0 Å². The normalized spacial score (nSPS) is 29.5. The first-order chi connectivity index (χ1) is 9.54. The summed E-state index contributed by atoms with van der Waals surface area (Å²) in [7, 11) is -3.49. The average Bonchev–Trinajstić information content (AvgIpc) is 2.57. The number of aliphatic carboxylic acids is 1. The fourth-order valence-electron chi connectivity index (χ4n) is 3.50. The summed E-state index contributed by atoms with van der Waals surface area (Å²) in [5.41, 5.74) is 0. The Morgan fingerprint density at radius 2 is 1.67 bits per heavy atom. The first-order valence-corrected chi connectivity index (χ1v) is 9.17. The van der Waals surface area contributed by atoms with Crippen LogP contribution in [0.25, 0.3) is 0 Å². The summed E-state index contributed by atoms with van der Waals surface area (Å²) in [6, 6.07) is -0.0248. The molecule has 0 spiro atoms. The first-order valence-electron chi connectivity index (χ1n) is 7.28. The van der Waals surface area contributed by atoms with Crippen molar-refractivity contribution in [3.8, 4) is 0 Å². The second kappa shape index (κ2) is 5.26. The van der Waals surface area contributed by atoms with Gasteiger partial charge in [-0.1, -0.05) is 0 Å². The number of fused-ring (bicyclic) bond motifs is 2. The van der Waals surface area contributed by atoms with Crippen LogP contribution in [0.4, 0.5) is 0 Å². The fraction of sp³-hybridized carbons (Fsp3) is 0.857. The molecule has 1 amide bonds. The van der Waals surface area contributed by atoms with E-state index in [4.69, 9.17) is 5.11 Å². The molecule has 21 heavy (non-hydrogen) atoms. The van der Waals surface area contributed by atoms with E-state index in [9.17, 15) is 18.0 Å². The molecule has 0 aromatic heterocycles. The van der Waals surface area contributed by atoms with Crippen LogP contribution in [0.1, 0.15) is 46.0 Å². The van der Waals surface area contributed by atoms with Crippen LogP contribution in [0.5, 0.6) is 0 Å². The maximum absolute atomic E-state index is 12.7. The number of piperidine rings is 1. The number of hydrogen-bond donors (Lipinski definition) is 1. The van der Waals surface area contributed by atoms with Crippen LogP contribution in [0.15, 0.2) is 0 Å². The summed E-state index contributed by atoms with van der Waals surface area (Å²) in [6.45, 7) is 2.90. The molecule has 1 N–H and O–H groups in total. The maximum atomic E-state index is 12.7. The second-order valence-electron chi connectivity index (χ2n) is 6.82. The highest BCUT2D eigenvalue weighted by Crippen LogP contribution is 2.41. The molecule has 0 aromatic carbocycles. The van der Waals surface area contributed by atoms with Gasteiger partial charge in [0.25, 0.3) is 0 Å². The zero-order chi connectivity index (χ0) is 16.0. The summed E-state index contributed by atoms with van der Waals surface area (Å²) < 4.78 is 22.3. The van der Waals surface area contributed by atoms with Crippen molar-refractivity contribution in [3.05, 3.63) is 0 Å². The highest BCUT2D eigenvalue weighted by atomic mass is 32.2. The van der Waals surface area contributed by atoms with E-state index in [0.29, 0.717) is 12.8 Å². The Balaban J connectivity index is 2.17. The van der Waals surface area contributed by atoms with Crippen LogP contribution in [0.3, 0.4) is 0 Å². The molecule has 2 atom stereocenters. The molecule has 2 rings (SSSR count). The van der Waals surface area contributed by atoms with Crippen molar-refractivity contribution in [1.29, 1.82) is 0 Å². The Labute approximate surface area is 125 Å². The van der Waals surface area contributed by atoms with Gasteiger partial charge in [-0.15, -0.1) is 0 Å². The van der Waals surface area contributed by atoms with Crippen molar-refractivity contribution in [3.63, 3.8) is 0 Å². The van der Waals surface area contributed by atoms with Crippen LogP contribution in [0, 0.1) is 5.92 Å². The standard InChI is InChI=1S/C14H23NO5S/c1-14(2,21(3,19)20)13(18)15-10-4-5-11(15)7-9(6-10)8-12(16)17/h9-11H,4-8H2,1-3H3,(H,16,17). The van der Waals surface area contributed by atoms with Gasteiger partial charge in [0.15, 0.2) is 9.84 Å². The smallest absolute Gasteiger partial charge is 0.303 e.